The number of benzene rings is 1. The molecule has 0 aliphatic rings. The van der Waals surface area contributed by atoms with Crippen LogP contribution in [0, 0.1) is 0 Å². The summed E-state index contributed by atoms with van der Waals surface area (Å²) in [4.78, 5) is 2.23. The Labute approximate surface area is 116 Å². The molecule has 108 valence electrons. The monoisotopic (exact) mass is 284 g/mol. The predicted octanol–water partition coefficient (Wildman–Crippen LogP) is 1.80. The van der Waals surface area contributed by atoms with Crippen LogP contribution in [-0.2, 0) is 16.4 Å². The van der Waals surface area contributed by atoms with Crippen LogP contribution in [0.4, 0.5) is 5.69 Å². The van der Waals surface area contributed by atoms with Crippen molar-refractivity contribution >= 4 is 15.5 Å². The fraction of sp³-hybridized carbons (Fsp3) is 0.571. The van der Waals surface area contributed by atoms with Gasteiger partial charge in [-0.2, -0.15) is 0 Å². The Hall–Kier alpha value is -1.07. The maximum absolute atomic E-state index is 11.2. The van der Waals surface area contributed by atoms with Gasteiger partial charge in [0.05, 0.1) is 5.75 Å². The summed E-state index contributed by atoms with van der Waals surface area (Å²) >= 11 is 0. The Morgan fingerprint density at radius 1 is 1.16 bits per heavy atom. The van der Waals surface area contributed by atoms with Crippen LogP contribution in [0.15, 0.2) is 24.3 Å². The molecule has 0 saturated carbocycles. The van der Waals surface area contributed by atoms with Gasteiger partial charge in [0.1, 0.15) is 9.84 Å². The van der Waals surface area contributed by atoms with Gasteiger partial charge in [0.25, 0.3) is 0 Å². The summed E-state index contributed by atoms with van der Waals surface area (Å²) in [5.74, 6) is 0.244. The van der Waals surface area contributed by atoms with Gasteiger partial charge in [-0.25, -0.2) is 8.42 Å². The SMILES string of the molecule is CCCN(CCCS(C)(=O)=O)c1ccc(CN)cc1. The number of hydrogen-bond donors (Lipinski definition) is 1. The molecule has 0 heterocycles. The highest BCUT2D eigenvalue weighted by molar-refractivity contribution is 7.90. The zero-order valence-electron chi connectivity index (χ0n) is 11.8. The Morgan fingerprint density at radius 3 is 2.26 bits per heavy atom. The molecule has 0 atom stereocenters. The Kier molecular flexibility index (Phi) is 6.31. The normalized spacial score (nSPS) is 11.5. The molecule has 0 radical (unpaired) electrons. The van der Waals surface area contributed by atoms with Crippen molar-refractivity contribution in [3.05, 3.63) is 29.8 Å². The van der Waals surface area contributed by atoms with Crippen molar-refractivity contribution in [3.63, 3.8) is 0 Å². The Morgan fingerprint density at radius 2 is 1.79 bits per heavy atom. The van der Waals surface area contributed by atoms with Crippen LogP contribution in [0.2, 0.25) is 0 Å². The van der Waals surface area contributed by atoms with E-state index in [1.165, 1.54) is 6.26 Å². The van der Waals surface area contributed by atoms with E-state index >= 15 is 0 Å². The molecule has 0 aliphatic carbocycles. The molecule has 2 N–H and O–H groups in total. The van der Waals surface area contributed by atoms with Crippen molar-refractivity contribution in [2.45, 2.75) is 26.3 Å². The van der Waals surface area contributed by atoms with Gasteiger partial charge in [-0.15, -0.1) is 0 Å². The molecular weight excluding hydrogens is 260 g/mol. The minimum Gasteiger partial charge on any atom is -0.372 e. The van der Waals surface area contributed by atoms with Gasteiger partial charge in [0.2, 0.25) is 0 Å². The molecule has 0 saturated heterocycles. The molecule has 0 fully saturated rings. The van der Waals surface area contributed by atoms with E-state index in [9.17, 15) is 8.42 Å². The van der Waals surface area contributed by atoms with Crippen molar-refractivity contribution in [3.8, 4) is 0 Å². The summed E-state index contributed by atoms with van der Waals surface area (Å²) < 4.78 is 22.3. The van der Waals surface area contributed by atoms with Crippen LogP contribution in [0.3, 0.4) is 0 Å². The lowest BCUT2D eigenvalue weighted by Crippen LogP contribution is -2.26. The fourth-order valence-corrected chi connectivity index (χ4v) is 2.65. The first-order valence-corrected chi connectivity index (χ1v) is 8.74. The molecule has 1 aromatic carbocycles. The highest BCUT2D eigenvalue weighted by Gasteiger charge is 2.08. The van der Waals surface area contributed by atoms with Crippen LogP contribution < -0.4 is 10.6 Å². The maximum Gasteiger partial charge on any atom is 0.147 e. The predicted molar refractivity (Wildman–Crippen MR) is 81.2 cm³/mol. The topological polar surface area (TPSA) is 63.4 Å². The molecule has 5 heteroatoms. The number of nitrogens with zero attached hydrogens (tertiary/aromatic N) is 1. The summed E-state index contributed by atoms with van der Waals surface area (Å²) in [6.07, 6.45) is 2.99. The largest absolute Gasteiger partial charge is 0.372 e. The third-order valence-corrected chi connectivity index (χ3v) is 4.00. The number of hydrogen-bond acceptors (Lipinski definition) is 4. The zero-order valence-corrected chi connectivity index (χ0v) is 12.6. The van der Waals surface area contributed by atoms with Gasteiger partial charge < -0.3 is 10.6 Å². The van der Waals surface area contributed by atoms with Gasteiger partial charge in [-0.1, -0.05) is 19.1 Å². The summed E-state index contributed by atoms with van der Waals surface area (Å²) in [5.41, 5.74) is 7.82. The lowest BCUT2D eigenvalue weighted by atomic mass is 10.2. The lowest BCUT2D eigenvalue weighted by molar-refractivity contribution is 0.598. The van der Waals surface area contributed by atoms with E-state index in [-0.39, 0.29) is 5.75 Å². The van der Waals surface area contributed by atoms with Gasteiger partial charge in [-0.3, -0.25) is 0 Å². The van der Waals surface area contributed by atoms with Crippen molar-refractivity contribution < 1.29 is 8.42 Å². The molecule has 1 aromatic rings. The van der Waals surface area contributed by atoms with E-state index in [2.05, 4.69) is 24.0 Å². The average Bonchev–Trinajstić information content (AvgIpc) is 2.36. The molecule has 0 unspecified atom stereocenters. The Bertz CT molecular complexity index is 469. The number of anilines is 1. The second-order valence-electron chi connectivity index (χ2n) is 4.84. The van der Waals surface area contributed by atoms with E-state index in [0.29, 0.717) is 13.0 Å². The zero-order chi connectivity index (χ0) is 14.3. The molecule has 0 aliphatic heterocycles. The minimum absolute atomic E-state index is 0.244. The Balaban J connectivity index is 2.65. The maximum atomic E-state index is 11.2. The second kappa shape index (κ2) is 7.50. The van der Waals surface area contributed by atoms with Crippen LogP contribution in [0.5, 0.6) is 0 Å². The van der Waals surface area contributed by atoms with E-state index in [0.717, 1.165) is 30.8 Å². The smallest absolute Gasteiger partial charge is 0.147 e. The van der Waals surface area contributed by atoms with E-state index < -0.39 is 9.84 Å². The summed E-state index contributed by atoms with van der Waals surface area (Å²) in [7, 11) is -2.87. The molecule has 0 bridgehead atoms. The number of sulfone groups is 1. The lowest BCUT2D eigenvalue weighted by Gasteiger charge is -2.24. The summed E-state index contributed by atoms with van der Waals surface area (Å²) in [6, 6.07) is 8.15. The third kappa shape index (κ3) is 6.07. The standard InChI is InChI=1S/C14H24N2O2S/c1-3-9-16(10-4-11-19(2,17)18)14-7-5-13(12-15)6-8-14/h5-8H,3-4,9-12,15H2,1-2H3. The first-order valence-electron chi connectivity index (χ1n) is 6.68. The highest BCUT2D eigenvalue weighted by Crippen LogP contribution is 2.16. The minimum atomic E-state index is -2.87. The van der Waals surface area contributed by atoms with Gasteiger partial charge >= 0.3 is 0 Å². The van der Waals surface area contributed by atoms with Gasteiger partial charge in [0, 0.05) is 31.6 Å². The van der Waals surface area contributed by atoms with E-state index in [1.54, 1.807) is 0 Å². The average molecular weight is 284 g/mol. The molecule has 19 heavy (non-hydrogen) atoms. The van der Waals surface area contributed by atoms with Crippen molar-refractivity contribution in [2.24, 2.45) is 5.73 Å². The first kappa shape index (κ1) is 16.0. The van der Waals surface area contributed by atoms with Crippen LogP contribution >= 0.6 is 0 Å². The molecule has 0 amide bonds. The summed E-state index contributed by atoms with van der Waals surface area (Å²) in [6.45, 7) is 4.37. The second-order valence-corrected chi connectivity index (χ2v) is 7.10. The summed E-state index contributed by atoms with van der Waals surface area (Å²) in [5, 5.41) is 0. The van der Waals surface area contributed by atoms with Crippen molar-refractivity contribution in [1.29, 1.82) is 0 Å². The van der Waals surface area contributed by atoms with Gasteiger partial charge in [0.15, 0.2) is 0 Å². The number of rotatable bonds is 8. The first-order chi connectivity index (χ1) is 8.96. The molecule has 0 spiro atoms. The van der Waals surface area contributed by atoms with Gasteiger partial charge in [-0.05, 0) is 30.5 Å². The fourth-order valence-electron chi connectivity index (χ4n) is 2.00. The molecule has 1 rings (SSSR count). The van der Waals surface area contributed by atoms with Crippen LogP contribution in [0.1, 0.15) is 25.3 Å². The quantitative estimate of drug-likeness (QED) is 0.790. The highest BCUT2D eigenvalue weighted by atomic mass is 32.2. The third-order valence-electron chi connectivity index (χ3n) is 2.97. The molecule has 4 nitrogen and oxygen atoms in total. The van der Waals surface area contributed by atoms with Crippen LogP contribution in [0.25, 0.3) is 0 Å². The molecule has 0 aromatic heterocycles. The van der Waals surface area contributed by atoms with Crippen LogP contribution in [-0.4, -0.2) is 33.5 Å². The van der Waals surface area contributed by atoms with E-state index in [4.69, 9.17) is 5.73 Å². The van der Waals surface area contributed by atoms with Crippen molar-refractivity contribution in [1.82, 2.24) is 0 Å². The molecular formula is C14H24N2O2S. The number of nitrogens with two attached hydrogens (primary N) is 1. The van der Waals surface area contributed by atoms with Crippen molar-refractivity contribution in [2.75, 3.05) is 30.0 Å². The van der Waals surface area contributed by atoms with E-state index in [1.807, 2.05) is 12.1 Å².